The van der Waals surface area contributed by atoms with Crippen molar-refractivity contribution in [2.45, 2.75) is 63.2 Å². The van der Waals surface area contributed by atoms with Crippen LogP contribution in [0.15, 0.2) is 65.3 Å². The SMILES string of the molecule is CC1(CCc2ccccc2CC(N)=O)N=C(Nc2ccc(C3CCCCN3)cc2)NC=C1C(F)(F)F. The van der Waals surface area contributed by atoms with E-state index in [0.29, 0.717) is 12.5 Å². The van der Waals surface area contributed by atoms with Crippen molar-refractivity contribution in [2.75, 3.05) is 11.9 Å². The summed E-state index contributed by atoms with van der Waals surface area (Å²) in [4.78, 5) is 15.9. The molecule has 2 atom stereocenters. The molecule has 2 aromatic carbocycles. The summed E-state index contributed by atoms with van der Waals surface area (Å²) in [5.74, 6) is -0.235. The van der Waals surface area contributed by atoms with Crippen LogP contribution in [0, 0.1) is 0 Å². The summed E-state index contributed by atoms with van der Waals surface area (Å²) in [5.41, 5.74) is 6.51. The molecule has 36 heavy (non-hydrogen) atoms. The highest BCUT2D eigenvalue weighted by molar-refractivity contribution is 5.95. The van der Waals surface area contributed by atoms with Gasteiger partial charge in [-0.2, -0.15) is 13.2 Å². The first-order chi connectivity index (χ1) is 17.1. The number of carbonyl (C=O) groups is 1. The molecule has 0 radical (unpaired) electrons. The average molecular weight is 500 g/mol. The van der Waals surface area contributed by atoms with Gasteiger partial charge < -0.3 is 21.7 Å². The number of primary amides is 1. The topological polar surface area (TPSA) is 91.5 Å². The number of nitrogens with two attached hydrogens (primary N) is 1. The molecule has 0 spiro atoms. The maximum Gasteiger partial charge on any atom is 0.416 e. The van der Waals surface area contributed by atoms with Gasteiger partial charge in [0.05, 0.1) is 17.5 Å². The Balaban J connectivity index is 1.52. The number of amides is 1. The number of halogens is 3. The number of alkyl halides is 3. The first-order valence-electron chi connectivity index (χ1n) is 12.2. The van der Waals surface area contributed by atoms with Gasteiger partial charge in [0.1, 0.15) is 0 Å². The van der Waals surface area contributed by atoms with Gasteiger partial charge in [-0.1, -0.05) is 42.8 Å². The lowest BCUT2D eigenvalue weighted by molar-refractivity contribution is -0.117. The molecule has 4 rings (SSSR count). The van der Waals surface area contributed by atoms with E-state index < -0.39 is 23.2 Å². The molecule has 6 nitrogen and oxygen atoms in total. The predicted molar refractivity (Wildman–Crippen MR) is 135 cm³/mol. The monoisotopic (exact) mass is 499 g/mol. The van der Waals surface area contributed by atoms with Crippen LogP contribution in [-0.2, 0) is 17.6 Å². The van der Waals surface area contributed by atoms with E-state index in [1.165, 1.54) is 25.3 Å². The molecule has 0 aromatic heterocycles. The fourth-order valence-corrected chi connectivity index (χ4v) is 4.89. The third-order valence-electron chi connectivity index (χ3n) is 6.85. The number of benzene rings is 2. The molecule has 9 heteroatoms. The molecule has 1 fully saturated rings. The van der Waals surface area contributed by atoms with E-state index in [9.17, 15) is 18.0 Å². The van der Waals surface area contributed by atoms with Gasteiger partial charge in [0.15, 0.2) is 0 Å². The molecule has 0 bridgehead atoms. The summed E-state index contributed by atoms with van der Waals surface area (Å²) in [7, 11) is 0. The van der Waals surface area contributed by atoms with E-state index in [1.54, 1.807) is 18.2 Å². The summed E-state index contributed by atoms with van der Waals surface area (Å²) in [6.07, 6.45) is 0.373. The van der Waals surface area contributed by atoms with Gasteiger partial charge in [-0.15, -0.1) is 0 Å². The number of carbonyl (C=O) groups excluding carboxylic acids is 1. The zero-order chi connectivity index (χ0) is 25.8. The molecular weight excluding hydrogens is 467 g/mol. The van der Waals surface area contributed by atoms with Crippen molar-refractivity contribution in [1.29, 1.82) is 0 Å². The summed E-state index contributed by atoms with van der Waals surface area (Å²) in [5, 5.41) is 9.31. The number of hydrogen-bond acceptors (Lipinski definition) is 5. The summed E-state index contributed by atoms with van der Waals surface area (Å²) in [6, 6.07) is 15.4. The lowest BCUT2D eigenvalue weighted by Gasteiger charge is -2.34. The second kappa shape index (κ2) is 10.7. The molecule has 192 valence electrons. The van der Waals surface area contributed by atoms with Gasteiger partial charge in [-0.3, -0.25) is 4.79 Å². The standard InChI is InChI=1S/C27H32F3N5O/c1-26(14-13-18-6-2-3-7-20(18)16-24(31)36)23(27(28,29)30)17-33-25(35-26)34-21-11-9-19(10-12-21)22-8-4-5-15-32-22/h2-3,6-7,9-12,17,22,32H,4-5,8,13-16H2,1H3,(H2,31,36)(H2,33,34,35). The third kappa shape index (κ3) is 6.26. The van der Waals surface area contributed by atoms with Gasteiger partial charge in [-0.25, -0.2) is 4.99 Å². The van der Waals surface area contributed by atoms with Crippen LogP contribution in [-0.4, -0.2) is 30.1 Å². The van der Waals surface area contributed by atoms with E-state index in [4.69, 9.17) is 5.73 Å². The Morgan fingerprint density at radius 2 is 1.86 bits per heavy atom. The Kier molecular flexibility index (Phi) is 7.68. The maximum atomic E-state index is 13.9. The van der Waals surface area contributed by atoms with Crippen molar-refractivity contribution in [3.8, 4) is 0 Å². The Labute approximate surface area is 209 Å². The van der Waals surface area contributed by atoms with E-state index >= 15 is 0 Å². The number of hydrogen-bond donors (Lipinski definition) is 4. The molecule has 1 amide bonds. The van der Waals surface area contributed by atoms with Crippen molar-refractivity contribution in [3.05, 3.63) is 77.0 Å². The zero-order valence-corrected chi connectivity index (χ0v) is 20.3. The number of nitrogens with one attached hydrogen (secondary N) is 3. The molecule has 2 aliphatic heterocycles. The zero-order valence-electron chi connectivity index (χ0n) is 20.3. The molecule has 0 aliphatic carbocycles. The van der Waals surface area contributed by atoms with Crippen LogP contribution in [0.3, 0.4) is 0 Å². The molecule has 1 saturated heterocycles. The highest BCUT2D eigenvalue weighted by Gasteiger charge is 2.47. The number of guanidine groups is 1. The number of aryl methyl sites for hydroxylation is 1. The first kappa shape index (κ1) is 25.8. The molecule has 2 aromatic rings. The van der Waals surface area contributed by atoms with Crippen LogP contribution < -0.4 is 21.7 Å². The second-order valence-corrected chi connectivity index (χ2v) is 9.60. The number of rotatable bonds is 7. The largest absolute Gasteiger partial charge is 0.416 e. The fourth-order valence-electron chi connectivity index (χ4n) is 4.89. The quantitative estimate of drug-likeness (QED) is 0.443. The van der Waals surface area contributed by atoms with Crippen molar-refractivity contribution in [1.82, 2.24) is 10.6 Å². The van der Waals surface area contributed by atoms with E-state index in [0.717, 1.165) is 36.0 Å². The minimum Gasteiger partial charge on any atom is -0.369 e. The van der Waals surface area contributed by atoms with E-state index in [2.05, 4.69) is 20.9 Å². The number of anilines is 1. The normalized spacial score (nSPS) is 22.3. The first-order valence-corrected chi connectivity index (χ1v) is 12.2. The highest BCUT2D eigenvalue weighted by Crippen LogP contribution is 2.40. The molecular formula is C27H32F3N5O. The maximum absolute atomic E-state index is 13.9. The molecule has 2 aliphatic rings. The Morgan fingerprint density at radius 3 is 2.50 bits per heavy atom. The number of nitrogens with zero attached hydrogens (tertiary/aromatic N) is 1. The minimum atomic E-state index is -4.54. The van der Waals surface area contributed by atoms with Crippen molar-refractivity contribution in [2.24, 2.45) is 10.7 Å². The summed E-state index contributed by atoms with van der Waals surface area (Å²) < 4.78 is 41.8. The summed E-state index contributed by atoms with van der Waals surface area (Å²) in [6.45, 7) is 2.49. The van der Waals surface area contributed by atoms with Crippen LogP contribution in [0.1, 0.15) is 55.3 Å². The van der Waals surface area contributed by atoms with Gasteiger partial charge in [-0.05, 0) is 68.0 Å². The van der Waals surface area contributed by atoms with Crippen LogP contribution >= 0.6 is 0 Å². The Bertz CT molecular complexity index is 1140. The van der Waals surface area contributed by atoms with Crippen LogP contribution in [0.4, 0.5) is 18.9 Å². The molecule has 0 saturated carbocycles. The Morgan fingerprint density at radius 1 is 1.14 bits per heavy atom. The van der Waals surface area contributed by atoms with Crippen LogP contribution in [0.2, 0.25) is 0 Å². The second-order valence-electron chi connectivity index (χ2n) is 9.60. The van der Waals surface area contributed by atoms with Crippen molar-refractivity contribution < 1.29 is 18.0 Å². The van der Waals surface area contributed by atoms with Crippen LogP contribution in [0.5, 0.6) is 0 Å². The highest BCUT2D eigenvalue weighted by atomic mass is 19.4. The van der Waals surface area contributed by atoms with Gasteiger partial charge in [0, 0.05) is 17.9 Å². The van der Waals surface area contributed by atoms with Gasteiger partial charge >= 0.3 is 6.18 Å². The minimum absolute atomic E-state index is 0.0405. The third-order valence-corrected chi connectivity index (χ3v) is 6.85. The number of piperidine rings is 1. The number of aliphatic imine (C=N–C) groups is 1. The average Bonchev–Trinajstić information content (AvgIpc) is 2.83. The van der Waals surface area contributed by atoms with Gasteiger partial charge in [0.25, 0.3) is 0 Å². The van der Waals surface area contributed by atoms with E-state index in [-0.39, 0.29) is 18.8 Å². The lowest BCUT2D eigenvalue weighted by atomic mass is 9.84. The van der Waals surface area contributed by atoms with Crippen molar-refractivity contribution in [3.63, 3.8) is 0 Å². The van der Waals surface area contributed by atoms with Gasteiger partial charge in [0.2, 0.25) is 11.9 Å². The van der Waals surface area contributed by atoms with Crippen molar-refractivity contribution >= 4 is 17.6 Å². The molecule has 2 unspecified atom stereocenters. The predicted octanol–water partition coefficient (Wildman–Crippen LogP) is 4.74. The smallest absolute Gasteiger partial charge is 0.369 e. The Hall–Kier alpha value is -3.33. The fraction of sp³-hybridized carbons (Fsp3) is 0.407. The van der Waals surface area contributed by atoms with Crippen LogP contribution in [0.25, 0.3) is 0 Å². The van der Waals surface area contributed by atoms with E-state index in [1.807, 2.05) is 30.3 Å². The summed E-state index contributed by atoms with van der Waals surface area (Å²) >= 11 is 0. The molecule has 2 heterocycles. The lowest BCUT2D eigenvalue weighted by Crippen LogP contribution is -2.44. The molecule has 5 N–H and O–H groups in total.